The number of anilines is 1. The number of sulfonamides is 1. The zero-order valence-electron chi connectivity index (χ0n) is 17.4. The van der Waals surface area contributed by atoms with Gasteiger partial charge >= 0.3 is 0 Å². The van der Waals surface area contributed by atoms with Crippen molar-refractivity contribution < 1.29 is 22.7 Å². The summed E-state index contributed by atoms with van der Waals surface area (Å²) in [5.41, 5.74) is 1.90. The molecule has 0 saturated heterocycles. The molecule has 2 aliphatic carbocycles. The van der Waals surface area contributed by atoms with Gasteiger partial charge in [-0.3, -0.25) is 9.59 Å². The summed E-state index contributed by atoms with van der Waals surface area (Å²) in [6.45, 7) is 1.82. The molecular formula is C22H25N3O5S. The summed E-state index contributed by atoms with van der Waals surface area (Å²) in [4.78, 5) is 25.1. The van der Waals surface area contributed by atoms with Crippen LogP contribution in [0.25, 0.3) is 0 Å². The Balaban J connectivity index is 1.57. The first-order chi connectivity index (χ1) is 14.8. The van der Waals surface area contributed by atoms with E-state index in [0.29, 0.717) is 11.3 Å². The maximum atomic E-state index is 12.9. The standard InChI is InChI=1S/C22H25N3O5S/c1-13-3-4-14(21(26)23-16-6-7-16)11-18(13)24-22(27)15-5-10-19(30-2)20(12-15)31(28,29)25-17-8-9-17/h3-5,10-12,16-17,25H,6-9H2,1-2H3,(H,23,26)(H,24,27). The normalized spacial score (nSPS) is 15.9. The zero-order valence-corrected chi connectivity index (χ0v) is 18.2. The Labute approximate surface area is 181 Å². The summed E-state index contributed by atoms with van der Waals surface area (Å²) < 4.78 is 33.2. The van der Waals surface area contributed by atoms with Crippen LogP contribution in [0.4, 0.5) is 5.69 Å². The van der Waals surface area contributed by atoms with Crippen LogP contribution in [0.1, 0.15) is 52.0 Å². The molecule has 2 aromatic carbocycles. The summed E-state index contributed by atoms with van der Waals surface area (Å²) >= 11 is 0. The summed E-state index contributed by atoms with van der Waals surface area (Å²) in [5.74, 6) is -0.491. The van der Waals surface area contributed by atoms with Crippen molar-refractivity contribution in [2.75, 3.05) is 12.4 Å². The number of methoxy groups -OCH3 is 1. The molecule has 2 aromatic rings. The zero-order chi connectivity index (χ0) is 22.2. The van der Waals surface area contributed by atoms with Crippen LogP contribution in [0.5, 0.6) is 5.75 Å². The molecule has 2 aliphatic rings. The summed E-state index contributed by atoms with van der Waals surface area (Å²) in [6, 6.07) is 9.53. The maximum Gasteiger partial charge on any atom is 0.255 e. The number of carbonyl (C=O) groups is 2. The highest BCUT2D eigenvalue weighted by molar-refractivity contribution is 7.89. The molecule has 164 valence electrons. The Hall–Kier alpha value is -2.91. The highest BCUT2D eigenvalue weighted by Gasteiger charge is 2.30. The van der Waals surface area contributed by atoms with Gasteiger partial charge in [0.05, 0.1) is 7.11 Å². The van der Waals surface area contributed by atoms with Crippen LogP contribution in [0, 0.1) is 6.92 Å². The van der Waals surface area contributed by atoms with Gasteiger partial charge in [-0.25, -0.2) is 13.1 Å². The van der Waals surface area contributed by atoms with Gasteiger partial charge in [-0.2, -0.15) is 0 Å². The van der Waals surface area contributed by atoms with E-state index in [0.717, 1.165) is 31.2 Å². The summed E-state index contributed by atoms with van der Waals surface area (Å²) in [5, 5.41) is 5.70. The van der Waals surface area contributed by atoms with Crippen molar-refractivity contribution >= 4 is 27.5 Å². The quantitative estimate of drug-likeness (QED) is 0.580. The van der Waals surface area contributed by atoms with Crippen molar-refractivity contribution in [1.82, 2.24) is 10.0 Å². The molecule has 0 aliphatic heterocycles. The van der Waals surface area contributed by atoms with Crippen molar-refractivity contribution in [1.29, 1.82) is 0 Å². The van der Waals surface area contributed by atoms with Crippen molar-refractivity contribution in [2.24, 2.45) is 0 Å². The van der Waals surface area contributed by atoms with E-state index in [-0.39, 0.29) is 34.2 Å². The predicted molar refractivity (Wildman–Crippen MR) is 116 cm³/mol. The van der Waals surface area contributed by atoms with Crippen LogP contribution in [0.15, 0.2) is 41.3 Å². The van der Waals surface area contributed by atoms with Crippen molar-refractivity contribution in [3.05, 3.63) is 53.1 Å². The number of amides is 2. The molecule has 2 amide bonds. The largest absolute Gasteiger partial charge is 0.495 e. The number of carbonyl (C=O) groups excluding carboxylic acids is 2. The number of nitrogens with one attached hydrogen (secondary N) is 3. The third kappa shape index (κ3) is 5.05. The Morgan fingerprint density at radius 2 is 1.58 bits per heavy atom. The Kier molecular flexibility index (Phi) is 5.72. The summed E-state index contributed by atoms with van der Waals surface area (Å²) in [6.07, 6.45) is 3.57. The molecule has 0 heterocycles. The molecule has 9 heteroatoms. The van der Waals surface area contributed by atoms with E-state index in [1.807, 2.05) is 6.92 Å². The number of ether oxygens (including phenoxy) is 1. The molecule has 0 aromatic heterocycles. The molecule has 0 radical (unpaired) electrons. The van der Waals surface area contributed by atoms with Gasteiger partial charge in [0.2, 0.25) is 10.0 Å². The van der Waals surface area contributed by atoms with E-state index >= 15 is 0 Å². The van der Waals surface area contributed by atoms with Crippen molar-refractivity contribution in [3.63, 3.8) is 0 Å². The molecular weight excluding hydrogens is 418 g/mol. The molecule has 4 rings (SSSR count). The fourth-order valence-electron chi connectivity index (χ4n) is 3.10. The number of hydrogen-bond donors (Lipinski definition) is 3. The molecule has 31 heavy (non-hydrogen) atoms. The van der Waals surface area contributed by atoms with Gasteiger partial charge < -0.3 is 15.4 Å². The smallest absolute Gasteiger partial charge is 0.255 e. The number of hydrogen-bond acceptors (Lipinski definition) is 5. The molecule has 2 saturated carbocycles. The molecule has 2 fully saturated rings. The number of aryl methyl sites for hydroxylation is 1. The minimum atomic E-state index is -3.81. The van der Waals surface area contributed by atoms with E-state index in [9.17, 15) is 18.0 Å². The van der Waals surface area contributed by atoms with E-state index in [1.165, 1.54) is 25.3 Å². The van der Waals surface area contributed by atoms with E-state index in [1.54, 1.807) is 18.2 Å². The van der Waals surface area contributed by atoms with E-state index in [2.05, 4.69) is 15.4 Å². The number of benzene rings is 2. The molecule has 0 bridgehead atoms. The highest BCUT2D eigenvalue weighted by Crippen LogP contribution is 2.29. The van der Waals surface area contributed by atoms with Gasteiger partial charge in [-0.1, -0.05) is 6.07 Å². The first-order valence-electron chi connectivity index (χ1n) is 10.2. The maximum absolute atomic E-state index is 12.9. The molecule has 0 atom stereocenters. The van der Waals surface area contributed by atoms with Crippen LogP contribution in [-0.2, 0) is 10.0 Å². The summed E-state index contributed by atoms with van der Waals surface area (Å²) in [7, 11) is -2.43. The first-order valence-corrected chi connectivity index (χ1v) is 11.7. The average Bonchev–Trinajstić information content (AvgIpc) is 3.66. The first kappa shape index (κ1) is 21.3. The van der Waals surface area contributed by atoms with Gasteiger partial charge in [0.1, 0.15) is 10.6 Å². The topological polar surface area (TPSA) is 114 Å². The lowest BCUT2D eigenvalue weighted by molar-refractivity contribution is 0.0949. The second-order valence-electron chi connectivity index (χ2n) is 7.99. The van der Waals surface area contributed by atoms with Gasteiger partial charge in [0, 0.05) is 28.9 Å². The highest BCUT2D eigenvalue weighted by atomic mass is 32.2. The van der Waals surface area contributed by atoms with Gasteiger partial charge in [0.15, 0.2) is 0 Å². The van der Waals surface area contributed by atoms with E-state index in [4.69, 9.17) is 4.74 Å². The second-order valence-corrected chi connectivity index (χ2v) is 9.68. The second kappa shape index (κ2) is 8.32. The van der Waals surface area contributed by atoms with Gasteiger partial charge in [-0.05, 0) is 68.5 Å². The average molecular weight is 444 g/mol. The number of rotatable bonds is 8. The third-order valence-electron chi connectivity index (χ3n) is 5.28. The molecule has 8 nitrogen and oxygen atoms in total. The Morgan fingerprint density at radius 3 is 2.23 bits per heavy atom. The fourth-order valence-corrected chi connectivity index (χ4v) is 4.60. The minimum Gasteiger partial charge on any atom is -0.495 e. The third-order valence-corrected chi connectivity index (χ3v) is 6.82. The van der Waals surface area contributed by atoms with Crippen molar-refractivity contribution in [2.45, 2.75) is 49.6 Å². The lowest BCUT2D eigenvalue weighted by atomic mass is 10.1. The lowest BCUT2D eigenvalue weighted by Crippen LogP contribution is -2.26. The van der Waals surface area contributed by atoms with Gasteiger partial charge in [0.25, 0.3) is 11.8 Å². The van der Waals surface area contributed by atoms with E-state index < -0.39 is 15.9 Å². The van der Waals surface area contributed by atoms with Crippen LogP contribution < -0.4 is 20.1 Å². The SMILES string of the molecule is COc1ccc(C(=O)Nc2cc(C(=O)NC3CC3)ccc2C)cc1S(=O)(=O)NC1CC1. The minimum absolute atomic E-state index is 0.0700. The molecule has 0 unspecified atom stereocenters. The molecule has 0 spiro atoms. The van der Waals surface area contributed by atoms with Crippen LogP contribution in [0.3, 0.4) is 0 Å². The van der Waals surface area contributed by atoms with Crippen LogP contribution >= 0.6 is 0 Å². The molecule has 3 N–H and O–H groups in total. The van der Waals surface area contributed by atoms with Crippen LogP contribution in [0.2, 0.25) is 0 Å². The lowest BCUT2D eigenvalue weighted by Gasteiger charge is -2.14. The van der Waals surface area contributed by atoms with Gasteiger partial charge in [-0.15, -0.1) is 0 Å². The fraction of sp³-hybridized carbons (Fsp3) is 0.364. The monoisotopic (exact) mass is 443 g/mol. The predicted octanol–water partition coefficient (Wildman–Crippen LogP) is 2.59. The Morgan fingerprint density at radius 1 is 0.935 bits per heavy atom. The van der Waals surface area contributed by atoms with Crippen LogP contribution in [-0.4, -0.2) is 39.4 Å². The van der Waals surface area contributed by atoms with Crippen molar-refractivity contribution in [3.8, 4) is 5.75 Å². The Bertz CT molecular complexity index is 1140.